The van der Waals surface area contributed by atoms with Crippen LogP contribution in [-0.2, 0) is 10.0 Å². The van der Waals surface area contributed by atoms with E-state index in [1.54, 1.807) is 12.1 Å². The van der Waals surface area contributed by atoms with Gasteiger partial charge >= 0.3 is 0 Å². The molecule has 130 valence electrons. The first-order valence-electron chi connectivity index (χ1n) is 7.90. The van der Waals surface area contributed by atoms with Gasteiger partial charge in [0.1, 0.15) is 16.4 Å². The van der Waals surface area contributed by atoms with Crippen LogP contribution in [0.25, 0.3) is 0 Å². The van der Waals surface area contributed by atoms with Gasteiger partial charge in [-0.15, -0.1) is 0 Å². The fourth-order valence-electron chi connectivity index (χ4n) is 2.90. The summed E-state index contributed by atoms with van der Waals surface area (Å²) < 4.78 is 38.0. The van der Waals surface area contributed by atoms with Gasteiger partial charge in [-0.3, -0.25) is 0 Å². The number of likely N-dealkylation sites (tertiary alicyclic amines) is 1. The standard InChI is InChI=1S/C16H26N2O4S/c1-13-5-4-9-18(12-13)10-8-17-23(19,20)16-11-14(21-2)6-7-15(16)22-3/h6-7,11,13,17H,4-5,8-10,12H2,1-3H3/t13-/m0/s1. The topological polar surface area (TPSA) is 67.9 Å². The van der Waals surface area contributed by atoms with Crippen molar-refractivity contribution in [1.82, 2.24) is 9.62 Å². The van der Waals surface area contributed by atoms with E-state index in [1.165, 1.54) is 33.1 Å². The third kappa shape index (κ3) is 4.83. The highest BCUT2D eigenvalue weighted by molar-refractivity contribution is 7.89. The van der Waals surface area contributed by atoms with Gasteiger partial charge in [-0.2, -0.15) is 0 Å². The Morgan fingerprint density at radius 2 is 2.09 bits per heavy atom. The van der Waals surface area contributed by atoms with E-state index in [0.717, 1.165) is 19.6 Å². The molecular formula is C16H26N2O4S. The first-order chi connectivity index (χ1) is 11.0. The molecule has 1 atom stereocenters. The smallest absolute Gasteiger partial charge is 0.244 e. The van der Waals surface area contributed by atoms with Crippen LogP contribution < -0.4 is 14.2 Å². The zero-order valence-electron chi connectivity index (χ0n) is 14.0. The number of hydrogen-bond acceptors (Lipinski definition) is 5. The zero-order chi connectivity index (χ0) is 16.9. The van der Waals surface area contributed by atoms with Crippen molar-refractivity contribution in [2.24, 2.45) is 5.92 Å². The van der Waals surface area contributed by atoms with Crippen LogP contribution in [0.3, 0.4) is 0 Å². The van der Waals surface area contributed by atoms with Crippen molar-refractivity contribution in [3.8, 4) is 11.5 Å². The molecule has 0 radical (unpaired) electrons. The monoisotopic (exact) mass is 342 g/mol. The first-order valence-corrected chi connectivity index (χ1v) is 9.38. The largest absolute Gasteiger partial charge is 0.497 e. The molecule has 0 saturated carbocycles. The SMILES string of the molecule is COc1ccc(OC)c(S(=O)(=O)NCCN2CCC[C@H](C)C2)c1. The minimum absolute atomic E-state index is 0.103. The highest BCUT2D eigenvalue weighted by Crippen LogP contribution is 2.27. The van der Waals surface area contributed by atoms with Crippen molar-refractivity contribution in [2.45, 2.75) is 24.7 Å². The van der Waals surface area contributed by atoms with E-state index in [0.29, 0.717) is 24.0 Å². The maximum atomic E-state index is 12.5. The van der Waals surface area contributed by atoms with Crippen molar-refractivity contribution >= 4 is 10.0 Å². The van der Waals surface area contributed by atoms with Gasteiger partial charge in [0.25, 0.3) is 0 Å². The number of piperidine rings is 1. The van der Waals surface area contributed by atoms with Crippen LogP contribution in [0.5, 0.6) is 11.5 Å². The summed E-state index contributed by atoms with van der Waals surface area (Å²) in [5.41, 5.74) is 0. The third-order valence-electron chi connectivity index (χ3n) is 4.12. The second-order valence-electron chi connectivity index (χ2n) is 5.96. The molecule has 0 unspecified atom stereocenters. The Morgan fingerprint density at radius 1 is 1.30 bits per heavy atom. The summed E-state index contributed by atoms with van der Waals surface area (Å²) in [6.45, 7) is 5.40. The molecule has 1 aromatic carbocycles. The quantitative estimate of drug-likeness (QED) is 0.817. The number of methoxy groups -OCH3 is 2. The summed E-state index contributed by atoms with van der Waals surface area (Å²) in [4.78, 5) is 2.41. The van der Waals surface area contributed by atoms with Crippen LogP contribution >= 0.6 is 0 Å². The van der Waals surface area contributed by atoms with Crippen molar-refractivity contribution in [2.75, 3.05) is 40.4 Å². The lowest BCUT2D eigenvalue weighted by atomic mass is 10.0. The number of sulfonamides is 1. The predicted molar refractivity (Wildman–Crippen MR) is 89.6 cm³/mol. The Kier molecular flexibility index (Phi) is 6.26. The minimum Gasteiger partial charge on any atom is -0.497 e. The van der Waals surface area contributed by atoms with E-state index in [9.17, 15) is 8.42 Å². The van der Waals surface area contributed by atoms with Crippen molar-refractivity contribution in [3.63, 3.8) is 0 Å². The predicted octanol–water partition coefficient (Wildman–Crippen LogP) is 1.71. The molecule has 0 aromatic heterocycles. The normalized spacial score (nSPS) is 19.5. The molecule has 0 spiro atoms. The van der Waals surface area contributed by atoms with Gasteiger partial charge in [-0.05, 0) is 37.4 Å². The molecule has 1 aliphatic heterocycles. The molecule has 0 aliphatic carbocycles. The summed E-state index contributed by atoms with van der Waals surface area (Å²) in [7, 11) is -0.674. The highest BCUT2D eigenvalue weighted by Gasteiger charge is 2.21. The van der Waals surface area contributed by atoms with Gasteiger partial charge in [0, 0.05) is 25.7 Å². The molecule has 1 aliphatic rings. The van der Waals surface area contributed by atoms with Crippen molar-refractivity contribution in [1.29, 1.82) is 0 Å². The van der Waals surface area contributed by atoms with Crippen molar-refractivity contribution < 1.29 is 17.9 Å². The Bertz CT molecular complexity index is 619. The first kappa shape index (κ1) is 18.0. The molecule has 2 rings (SSSR count). The van der Waals surface area contributed by atoms with Crippen LogP contribution in [0.2, 0.25) is 0 Å². The Hall–Kier alpha value is -1.31. The third-order valence-corrected chi connectivity index (χ3v) is 5.60. The fraction of sp³-hybridized carbons (Fsp3) is 0.625. The summed E-state index contributed by atoms with van der Waals surface area (Å²) in [5.74, 6) is 1.47. The van der Waals surface area contributed by atoms with Gasteiger partial charge in [0.2, 0.25) is 10.0 Å². The van der Waals surface area contributed by atoms with Gasteiger partial charge in [0.05, 0.1) is 14.2 Å². The van der Waals surface area contributed by atoms with E-state index < -0.39 is 10.0 Å². The maximum absolute atomic E-state index is 12.5. The van der Waals surface area contributed by atoms with E-state index in [1.807, 2.05) is 0 Å². The number of rotatable bonds is 7. The van der Waals surface area contributed by atoms with Crippen LogP contribution in [-0.4, -0.2) is 53.7 Å². The van der Waals surface area contributed by atoms with E-state index >= 15 is 0 Å². The van der Waals surface area contributed by atoms with Gasteiger partial charge in [-0.25, -0.2) is 13.1 Å². The summed E-state index contributed by atoms with van der Waals surface area (Å²) in [6.07, 6.45) is 2.43. The summed E-state index contributed by atoms with van der Waals surface area (Å²) in [5, 5.41) is 0. The Labute approximate surface area is 138 Å². The van der Waals surface area contributed by atoms with Gasteiger partial charge in [-0.1, -0.05) is 6.92 Å². The van der Waals surface area contributed by atoms with Gasteiger partial charge in [0.15, 0.2) is 0 Å². The van der Waals surface area contributed by atoms with Crippen LogP contribution in [0.1, 0.15) is 19.8 Å². The second kappa shape index (κ2) is 7.99. The van der Waals surface area contributed by atoms with Crippen LogP contribution in [0.15, 0.2) is 23.1 Å². The van der Waals surface area contributed by atoms with E-state index in [4.69, 9.17) is 9.47 Å². The Balaban J connectivity index is 2.01. The average molecular weight is 342 g/mol. The average Bonchev–Trinajstić information content (AvgIpc) is 2.54. The lowest BCUT2D eigenvalue weighted by Gasteiger charge is -2.30. The summed E-state index contributed by atoms with van der Waals surface area (Å²) in [6, 6.07) is 4.75. The number of nitrogens with one attached hydrogen (secondary N) is 1. The van der Waals surface area contributed by atoms with Crippen LogP contribution in [0.4, 0.5) is 0 Å². The van der Waals surface area contributed by atoms with E-state index in [-0.39, 0.29) is 4.90 Å². The Morgan fingerprint density at radius 3 is 2.74 bits per heavy atom. The van der Waals surface area contributed by atoms with E-state index in [2.05, 4.69) is 16.5 Å². The summed E-state index contributed by atoms with van der Waals surface area (Å²) >= 11 is 0. The highest BCUT2D eigenvalue weighted by atomic mass is 32.2. The van der Waals surface area contributed by atoms with Gasteiger partial charge < -0.3 is 14.4 Å². The molecule has 1 saturated heterocycles. The number of hydrogen-bond donors (Lipinski definition) is 1. The molecule has 1 fully saturated rings. The minimum atomic E-state index is -3.63. The van der Waals surface area contributed by atoms with Crippen molar-refractivity contribution in [3.05, 3.63) is 18.2 Å². The van der Waals surface area contributed by atoms with Crippen LogP contribution in [0, 0.1) is 5.92 Å². The molecule has 1 aromatic rings. The lowest BCUT2D eigenvalue weighted by molar-refractivity contribution is 0.187. The second-order valence-corrected chi connectivity index (χ2v) is 7.70. The molecule has 1 heterocycles. The number of ether oxygens (including phenoxy) is 2. The molecule has 23 heavy (non-hydrogen) atoms. The number of benzene rings is 1. The molecule has 0 amide bonds. The maximum Gasteiger partial charge on any atom is 0.244 e. The molecule has 0 bridgehead atoms. The fourth-order valence-corrected chi connectivity index (χ4v) is 4.10. The number of nitrogens with zero attached hydrogens (tertiary/aromatic N) is 1. The molecule has 7 heteroatoms. The molecule has 6 nitrogen and oxygen atoms in total. The zero-order valence-corrected chi connectivity index (χ0v) is 14.9. The molecule has 1 N–H and O–H groups in total. The molecular weight excluding hydrogens is 316 g/mol. The lowest BCUT2D eigenvalue weighted by Crippen LogP contribution is -2.40.